The van der Waals surface area contributed by atoms with Crippen LogP contribution in [0.1, 0.15) is 11.3 Å². The fourth-order valence-corrected chi connectivity index (χ4v) is 2.54. The van der Waals surface area contributed by atoms with E-state index < -0.39 is 5.91 Å². The number of amides is 1. The lowest BCUT2D eigenvalue weighted by Crippen LogP contribution is -2.13. The SMILES string of the molecule is Cc1cc(-c2ccncc2)c(C#N)c(SCC(N)=O)n1. The van der Waals surface area contributed by atoms with Gasteiger partial charge in [-0.15, -0.1) is 0 Å². The molecule has 0 atom stereocenters. The third kappa shape index (κ3) is 3.13. The van der Waals surface area contributed by atoms with Crippen LogP contribution in [-0.4, -0.2) is 21.6 Å². The summed E-state index contributed by atoms with van der Waals surface area (Å²) in [5.41, 5.74) is 8.05. The molecule has 2 aromatic heterocycles. The number of nitrogens with two attached hydrogens (primary N) is 1. The van der Waals surface area contributed by atoms with Crippen LogP contribution < -0.4 is 5.73 Å². The molecule has 2 rings (SSSR count). The highest BCUT2D eigenvalue weighted by Crippen LogP contribution is 2.30. The number of carbonyl (C=O) groups excluding carboxylic acids is 1. The number of nitriles is 1. The molecule has 6 heteroatoms. The van der Waals surface area contributed by atoms with E-state index in [1.165, 1.54) is 11.8 Å². The van der Waals surface area contributed by atoms with E-state index >= 15 is 0 Å². The van der Waals surface area contributed by atoms with E-state index in [1.807, 2.05) is 25.1 Å². The van der Waals surface area contributed by atoms with Gasteiger partial charge in [0.05, 0.1) is 11.3 Å². The van der Waals surface area contributed by atoms with Gasteiger partial charge in [0.1, 0.15) is 11.1 Å². The van der Waals surface area contributed by atoms with Gasteiger partial charge in [-0.3, -0.25) is 9.78 Å². The van der Waals surface area contributed by atoms with E-state index in [1.54, 1.807) is 12.4 Å². The van der Waals surface area contributed by atoms with E-state index in [9.17, 15) is 10.1 Å². The molecular formula is C14H12N4OS. The van der Waals surface area contributed by atoms with Gasteiger partial charge in [0.2, 0.25) is 5.91 Å². The van der Waals surface area contributed by atoms with Gasteiger partial charge in [-0.25, -0.2) is 4.98 Å². The Bertz CT molecular complexity index is 680. The van der Waals surface area contributed by atoms with E-state index in [2.05, 4.69) is 16.0 Å². The molecule has 0 aliphatic rings. The van der Waals surface area contributed by atoms with Crippen LogP contribution in [0.5, 0.6) is 0 Å². The van der Waals surface area contributed by atoms with Crippen molar-refractivity contribution in [3.05, 3.63) is 41.9 Å². The second-order valence-corrected chi connectivity index (χ2v) is 5.06. The summed E-state index contributed by atoms with van der Waals surface area (Å²) in [7, 11) is 0. The maximum Gasteiger partial charge on any atom is 0.227 e. The Hall–Kier alpha value is -2.39. The molecule has 2 N–H and O–H groups in total. The second-order valence-electron chi connectivity index (χ2n) is 4.09. The first-order valence-corrected chi connectivity index (χ1v) is 6.83. The van der Waals surface area contributed by atoms with Crippen molar-refractivity contribution in [2.45, 2.75) is 11.9 Å². The minimum atomic E-state index is -0.437. The molecule has 0 aliphatic carbocycles. The summed E-state index contributed by atoms with van der Waals surface area (Å²) in [6.45, 7) is 1.85. The minimum absolute atomic E-state index is 0.0981. The van der Waals surface area contributed by atoms with Crippen LogP contribution in [0, 0.1) is 18.3 Å². The lowest BCUT2D eigenvalue weighted by Gasteiger charge is -2.09. The van der Waals surface area contributed by atoms with Crippen LogP contribution in [0.25, 0.3) is 11.1 Å². The van der Waals surface area contributed by atoms with Gasteiger partial charge in [0.15, 0.2) is 0 Å². The van der Waals surface area contributed by atoms with Gasteiger partial charge in [-0.1, -0.05) is 11.8 Å². The third-order valence-corrected chi connectivity index (χ3v) is 3.57. The molecule has 1 amide bonds. The number of hydrogen-bond acceptors (Lipinski definition) is 5. The molecule has 0 saturated carbocycles. The van der Waals surface area contributed by atoms with Gasteiger partial charge < -0.3 is 5.73 Å². The largest absolute Gasteiger partial charge is 0.369 e. The van der Waals surface area contributed by atoms with Crippen molar-refractivity contribution in [1.29, 1.82) is 5.26 Å². The summed E-state index contributed by atoms with van der Waals surface area (Å²) in [6, 6.07) is 7.67. The van der Waals surface area contributed by atoms with Crippen molar-refractivity contribution in [3.8, 4) is 17.2 Å². The molecule has 0 unspecified atom stereocenters. The molecule has 100 valence electrons. The molecule has 0 aliphatic heterocycles. The summed E-state index contributed by atoms with van der Waals surface area (Å²) in [6.07, 6.45) is 3.34. The molecule has 0 spiro atoms. The zero-order valence-corrected chi connectivity index (χ0v) is 11.6. The van der Waals surface area contributed by atoms with Gasteiger partial charge in [0, 0.05) is 23.7 Å². The Morgan fingerprint density at radius 3 is 2.75 bits per heavy atom. The monoisotopic (exact) mass is 284 g/mol. The number of nitrogens with zero attached hydrogens (tertiary/aromatic N) is 3. The molecular weight excluding hydrogens is 272 g/mol. The molecule has 0 radical (unpaired) electrons. The number of rotatable bonds is 4. The molecule has 5 nitrogen and oxygen atoms in total. The van der Waals surface area contributed by atoms with Crippen LogP contribution in [0.3, 0.4) is 0 Å². The Labute approximate surface area is 120 Å². The van der Waals surface area contributed by atoms with Gasteiger partial charge >= 0.3 is 0 Å². The Balaban J connectivity index is 2.52. The normalized spacial score (nSPS) is 10.0. The van der Waals surface area contributed by atoms with E-state index in [0.29, 0.717) is 10.6 Å². The molecule has 20 heavy (non-hydrogen) atoms. The van der Waals surface area contributed by atoms with Crippen LogP contribution in [0.2, 0.25) is 0 Å². The average Bonchev–Trinajstić information content (AvgIpc) is 2.45. The van der Waals surface area contributed by atoms with Crippen LogP contribution in [-0.2, 0) is 4.79 Å². The van der Waals surface area contributed by atoms with Crippen molar-refractivity contribution < 1.29 is 4.79 Å². The summed E-state index contributed by atoms with van der Waals surface area (Å²) < 4.78 is 0. The zero-order valence-electron chi connectivity index (χ0n) is 10.8. The topological polar surface area (TPSA) is 92.7 Å². The number of thioether (sulfide) groups is 1. The molecule has 2 heterocycles. The first kappa shape index (κ1) is 14.0. The molecule has 2 aromatic rings. The standard InChI is InChI=1S/C14H12N4OS/c1-9-6-11(10-2-4-17-5-3-10)12(7-15)14(18-9)20-8-13(16)19/h2-6H,8H2,1H3,(H2,16,19). The van der Waals surface area contributed by atoms with E-state index in [-0.39, 0.29) is 5.75 Å². The predicted molar refractivity (Wildman–Crippen MR) is 76.8 cm³/mol. The molecule has 0 bridgehead atoms. The highest BCUT2D eigenvalue weighted by atomic mass is 32.2. The number of aryl methyl sites for hydroxylation is 1. The number of aromatic nitrogens is 2. The quantitative estimate of drug-likeness (QED) is 0.865. The third-order valence-electron chi connectivity index (χ3n) is 2.57. The smallest absolute Gasteiger partial charge is 0.227 e. The summed E-state index contributed by atoms with van der Waals surface area (Å²) in [4.78, 5) is 19.2. The second kappa shape index (κ2) is 6.17. The molecule has 0 saturated heterocycles. The first-order valence-electron chi connectivity index (χ1n) is 5.85. The van der Waals surface area contributed by atoms with Gasteiger partial charge in [-0.05, 0) is 30.7 Å². The summed E-state index contributed by atoms with van der Waals surface area (Å²) in [5, 5.41) is 9.91. The Morgan fingerprint density at radius 2 is 2.15 bits per heavy atom. The Kier molecular flexibility index (Phi) is 4.33. The van der Waals surface area contributed by atoms with Gasteiger partial charge in [-0.2, -0.15) is 5.26 Å². The lowest BCUT2D eigenvalue weighted by atomic mass is 10.0. The van der Waals surface area contributed by atoms with Crippen molar-refractivity contribution in [3.63, 3.8) is 0 Å². The number of primary amides is 1. The van der Waals surface area contributed by atoms with E-state index in [0.717, 1.165) is 16.8 Å². The minimum Gasteiger partial charge on any atom is -0.369 e. The lowest BCUT2D eigenvalue weighted by molar-refractivity contribution is -0.115. The van der Waals surface area contributed by atoms with Crippen molar-refractivity contribution in [1.82, 2.24) is 9.97 Å². The summed E-state index contributed by atoms with van der Waals surface area (Å²) in [5.74, 6) is -0.339. The Morgan fingerprint density at radius 1 is 1.45 bits per heavy atom. The molecule has 0 aromatic carbocycles. The number of hydrogen-bond donors (Lipinski definition) is 1. The maximum absolute atomic E-state index is 10.9. The highest BCUT2D eigenvalue weighted by Gasteiger charge is 2.14. The fourth-order valence-electron chi connectivity index (χ4n) is 1.76. The maximum atomic E-state index is 10.9. The molecule has 0 fully saturated rings. The van der Waals surface area contributed by atoms with Crippen molar-refractivity contribution in [2.75, 3.05) is 5.75 Å². The van der Waals surface area contributed by atoms with Crippen LogP contribution in [0.4, 0.5) is 0 Å². The predicted octanol–water partition coefficient (Wildman–Crippen LogP) is 1.90. The zero-order chi connectivity index (χ0) is 14.5. The average molecular weight is 284 g/mol. The number of carbonyl (C=O) groups is 1. The highest BCUT2D eigenvalue weighted by molar-refractivity contribution is 8.00. The fraction of sp³-hybridized carbons (Fsp3) is 0.143. The van der Waals surface area contributed by atoms with E-state index in [4.69, 9.17) is 5.73 Å². The summed E-state index contributed by atoms with van der Waals surface area (Å²) >= 11 is 1.18. The van der Waals surface area contributed by atoms with Crippen LogP contribution >= 0.6 is 11.8 Å². The van der Waals surface area contributed by atoms with Crippen molar-refractivity contribution >= 4 is 17.7 Å². The number of pyridine rings is 2. The van der Waals surface area contributed by atoms with Crippen LogP contribution in [0.15, 0.2) is 35.6 Å². The van der Waals surface area contributed by atoms with Gasteiger partial charge in [0.25, 0.3) is 0 Å². The van der Waals surface area contributed by atoms with Crippen molar-refractivity contribution in [2.24, 2.45) is 5.73 Å². The first-order chi connectivity index (χ1) is 9.61.